The Morgan fingerprint density at radius 1 is 0.181 bits per heavy atom. The minimum absolute atomic E-state index is 0.00509. The van der Waals surface area contributed by atoms with E-state index in [1.165, 1.54) is 61.4 Å². The van der Waals surface area contributed by atoms with Crippen LogP contribution >= 0.6 is 11.6 Å². The number of rotatable bonds is 18. The van der Waals surface area contributed by atoms with Crippen LogP contribution in [0.3, 0.4) is 0 Å². The van der Waals surface area contributed by atoms with E-state index in [2.05, 4.69) is 484 Å². The first-order valence-corrected chi connectivity index (χ1v) is 39.8. The number of hydrogen-bond donors (Lipinski definition) is 0. The molecule has 0 aliphatic carbocycles. The van der Waals surface area contributed by atoms with Crippen LogP contribution in [0.15, 0.2) is 473 Å². The van der Waals surface area contributed by atoms with Gasteiger partial charge < -0.3 is 29.4 Å². The maximum absolute atomic E-state index is 7.81. The fourth-order valence-electron chi connectivity index (χ4n) is 16.6. The van der Waals surface area contributed by atoms with Gasteiger partial charge in [-0.2, -0.15) is 0 Å². The molecule has 0 fully saturated rings. The van der Waals surface area contributed by atoms with E-state index >= 15 is 0 Å². The van der Waals surface area contributed by atoms with Crippen LogP contribution in [-0.2, 0) is 0 Å². The van der Waals surface area contributed by atoms with Gasteiger partial charge in [-0.05, 0) is 231 Å². The quantitative estimate of drug-likeness (QED) is 0.0792. The monoisotopic (exact) mass is 1500 g/mol. The standard InChI is InChI=1S/C54H38BN3.C54H40ClN3/c1-6-18-39(19-7-1)41-22-16-29-46(36-41)58-51-31-17-30-50-54(51)55(48-34-32-42(37-52(48)58)40-20-8-2-9-21-40)49-35-33-47(38-53(49)57(50)45-27-14-5-15-28-45)56(43-23-10-3-11-24-43)44-25-12-4-13-26-44;55-54-52(57(47-30-14-5-15-31-47)51-35-18-34-50(40-51)56(45-26-10-3-11-27-45)46-28-12-4-13-29-46)36-19-37-53(54)58(48-32-16-24-43(38-48)41-20-6-1-7-21-41)49-33-17-25-44(39-49)42-22-8-2-9-23-42/h1-38H;1-40H. The van der Waals surface area contributed by atoms with Crippen LogP contribution in [0.1, 0.15) is 0 Å². The summed E-state index contributed by atoms with van der Waals surface area (Å²) in [5.74, 6) is 0. The van der Waals surface area contributed by atoms with Crippen molar-refractivity contribution in [2.24, 2.45) is 0 Å². The van der Waals surface area contributed by atoms with Crippen molar-refractivity contribution in [2.45, 2.75) is 0 Å². The van der Waals surface area contributed by atoms with Crippen molar-refractivity contribution in [3.05, 3.63) is 478 Å². The third-order valence-corrected chi connectivity index (χ3v) is 22.2. The predicted octanol–water partition coefficient (Wildman–Crippen LogP) is 28.7. The van der Waals surface area contributed by atoms with Crippen molar-refractivity contribution in [3.8, 4) is 44.5 Å². The van der Waals surface area contributed by atoms with E-state index in [9.17, 15) is 0 Å². The molecule has 8 heteroatoms. The molecule has 18 aromatic rings. The van der Waals surface area contributed by atoms with Crippen LogP contribution in [0.25, 0.3) is 44.5 Å². The Balaban J connectivity index is 0.000000155. The highest BCUT2D eigenvalue weighted by Crippen LogP contribution is 2.51. The molecule has 0 amide bonds. The number of benzene rings is 18. The summed E-state index contributed by atoms with van der Waals surface area (Å²) in [6, 6.07) is 168. The summed E-state index contributed by atoms with van der Waals surface area (Å²) in [6.45, 7) is 0.00509. The normalized spacial score (nSPS) is 11.6. The minimum atomic E-state index is 0.00509. The van der Waals surface area contributed by atoms with Gasteiger partial charge in [0.15, 0.2) is 0 Å². The number of hydrogen-bond acceptors (Lipinski definition) is 6. The molecule has 0 radical (unpaired) electrons. The first-order valence-electron chi connectivity index (χ1n) is 39.4. The third kappa shape index (κ3) is 14.2. The third-order valence-electron chi connectivity index (χ3n) is 21.9. The van der Waals surface area contributed by atoms with E-state index in [0.717, 1.165) is 102 Å². The second kappa shape index (κ2) is 32.4. The van der Waals surface area contributed by atoms with Gasteiger partial charge >= 0.3 is 0 Å². The number of anilines is 18. The Morgan fingerprint density at radius 3 is 0.897 bits per heavy atom. The fraction of sp³-hybridized carbons (Fsp3) is 0. The Morgan fingerprint density at radius 2 is 0.457 bits per heavy atom. The van der Waals surface area contributed by atoms with Gasteiger partial charge in [-0.15, -0.1) is 0 Å². The summed E-state index contributed by atoms with van der Waals surface area (Å²) in [7, 11) is 0. The zero-order chi connectivity index (χ0) is 77.5. The second-order valence-electron chi connectivity index (χ2n) is 28.9. The Hall–Kier alpha value is -14.9. The van der Waals surface area contributed by atoms with E-state index < -0.39 is 0 Å². The highest BCUT2D eigenvalue weighted by Gasteiger charge is 2.44. The molecule has 550 valence electrons. The molecule has 0 unspecified atom stereocenters. The lowest BCUT2D eigenvalue weighted by Gasteiger charge is -2.44. The van der Waals surface area contributed by atoms with Crippen molar-refractivity contribution in [1.29, 1.82) is 0 Å². The second-order valence-corrected chi connectivity index (χ2v) is 29.3. The zero-order valence-electron chi connectivity index (χ0n) is 63.7. The molecule has 0 saturated carbocycles. The molecule has 0 aromatic heterocycles. The van der Waals surface area contributed by atoms with Gasteiger partial charge in [-0.3, -0.25) is 0 Å². The highest BCUT2D eigenvalue weighted by molar-refractivity contribution is 7.00. The topological polar surface area (TPSA) is 19.4 Å². The predicted molar refractivity (Wildman–Crippen MR) is 492 cm³/mol. The van der Waals surface area contributed by atoms with Gasteiger partial charge in [0.25, 0.3) is 6.71 Å². The Kier molecular flexibility index (Phi) is 20.0. The number of para-hydroxylation sites is 6. The Bertz CT molecular complexity index is 6270. The van der Waals surface area contributed by atoms with Gasteiger partial charge in [0.05, 0.1) is 16.4 Å². The van der Waals surface area contributed by atoms with E-state index in [1.54, 1.807) is 0 Å². The molecule has 6 nitrogen and oxygen atoms in total. The molecule has 20 rings (SSSR count). The molecule has 2 heterocycles. The van der Waals surface area contributed by atoms with Crippen molar-refractivity contribution in [2.75, 3.05) is 29.4 Å². The van der Waals surface area contributed by atoms with Crippen LogP contribution in [-0.4, -0.2) is 6.71 Å². The molecule has 2 aliphatic heterocycles. The molecule has 0 N–H and O–H groups in total. The van der Waals surface area contributed by atoms with Gasteiger partial charge in [0, 0.05) is 91.0 Å². The minimum Gasteiger partial charge on any atom is -0.311 e. The largest absolute Gasteiger partial charge is 0.311 e. The van der Waals surface area contributed by atoms with Crippen LogP contribution in [0.4, 0.5) is 102 Å². The molecular formula is C108H78BClN6. The maximum atomic E-state index is 7.81. The lowest BCUT2D eigenvalue weighted by atomic mass is 9.33. The van der Waals surface area contributed by atoms with Crippen LogP contribution in [0, 0.1) is 0 Å². The first-order chi connectivity index (χ1) is 57.5. The van der Waals surface area contributed by atoms with Crippen molar-refractivity contribution in [3.63, 3.8) is 0 Å². The summed E-state index contributed by atoms with van der Waals surface area (Å²) < 4.78 is 0. The van der Waals surface area contributed by atoms with Crippen molar-refractivity contribution in [1.82, 2.24) is 0 Å². The Labute approximate surface area is 684 Å². The molecular weight excluding hydrogens is 1430 g/mol. The van der Waals surface area contributed by atoms with Crippen molar-refractivity contribution >= 4 is 137 Å². The van der Waals surface area contributed by atoms with Gasteiger partial charge in [0.2, 0.25) is 0 Å². The van der Waals surface area contributed by atoms with E-state index in [0.29, 0.717) is 5.02 Å². The SMILES string of the molecule is Clc1c(N(c2cccc(-c3ccccc3)c2)c2cccc(-c3ccccc3)c2)cccc1N(c1ccccc1)c1cccc(N(c2ccccc2)c2ccccc2)c1.c1ccc(-c2cccc(N3c4cc(-c5ccccc5)ccc4B4c5ccc(N(c6ccccc6)c6ccccc6)cc5N(c5ccccc5)c5cccc3c54)c2)cc1. The van der Waals surface area contributed by atoms with Gasteiger partial charge in [-0.25, -0.2) is 0 Å². The van der Waals surface area contributed by atoms with E-state index in [-0.39, 0.29) is 6.71 Å². The maximum Gasteiger partial charge on any atom is 0.252 e. The summed E-state index contributed by atoms with van der Waals surface area (Å²) in [6.07, 6.45) is 0. The lowest BCUT2D eigenvalue weighted by molar-refractivity contribution is 1.24. The summed E-state index contributed by atoms with van der Waals surface area (Å²) in [5, 5.41) is 0.620. The number of fused-ring (bicyclic) bond motifs is 4. The summed E-state index contributed by atoms with van der Waals surface area (Å²) in [4.78, 5) is 14.1. The van der Waals surface area contributed by atoms with Gasteiger partial charge in [0.1, 0.15) is 0 Å². The highest BCUT2D eigenvalue weighted by atomic mass is 35.5. The van der Waals surface area contributed by atoms with E-state index in [4.69, 9.17) is 11.6 Å². The lowest BCUT2D eigenvalue weighted by Crippen LogP contribution is -2.61. The molecule has 18 aromatic carbocycles. The van der Waals surface area contributed by atoms with Crippen LogP contribution in [0.2, 0.25) is 5.02 Å². The molecule has 0 spiro atoms. The summed E-state index contributed by atoms with van der Waals surface area (Å²) >= 11 is 7.81. The van der Waals surface area contributed by atoms with Crippen molar-refractivity contribution < 1.29 is 0 Å². The molecule has 116 heavy (non-hydrogen) atoms. The average molecular weight is 1510 g/mol. The molecule has 0 bridgehead atoms. The zero-order valence-corrected chi connectivity index (χ0v) is 64.4. The smallest absolute Gasteiger partial charge is 0.252 e. The average Bonchev–Trinajstić information content (AvgIpc) is 0.697. The van der Waals surface area contributed by atoms with Crippen LogP contribution in [0.5, 0.6) is 0 Å². The van der Waals surface area contributed by atoms with Gasteiger partial charge in [-0.1, -0.05) is 315 Å². The van der Waals surface area contributed by atoms with Crippen LogP contribution < -0.4 is 45.8 Å². The fourth-order valence-corrected chi connectivity index (χ4v) is 16.9. The molecule has 2 aliphatic rings. The molecule has 0 saturated heterocycles. The number of halogens is 1. The first kappa shape index (κ1) is 71.4. The number of nitrogens with zero attached hydrogens (tertiary/aromatic N) is 6. The molecule has 0 atom stereocenters. The van der Waals surface area contributed by atoms with E-state index in [1.807, 2.05) is 18.2 Å². The summed E-state index contributed by atoms with van der Waals surface area (Å²) in [5.41, 5.74) is 32.4.